The van der Waals surface area contributed by atoms with E-state index >= 15 is 0 Å². The van der Waals surface area contributed by atoms with Gasteiger partial charge in [0.1, 0.15) is 11.6 Å². The summed E-state index contributed by atoms with van der Waals surface area (Å²) in [5.41, 5.74) is 1.63. The molecule has 1 aromatic heterocycles. The number of hydrogen-bond acceptors (Lipinski definition) is 5. The van der Waals surface area contributed by atoms with Crippen molar-refractivity contribution >= 4 is 17.7 Å². The number of benzene rings is 2. The Hall–Kier alpha value is -2.94. The van der Waals surface area contributed by atoms with E-state index < -0.39 is 12.7 Å². The first-order valence-corrected chi connectivity index (χ1v) is 10.9. The van der Waals surface area contributed by atoms with Crippen molar-refractivity contribution in [1.82, 2.24) is 20.1 Å². The minimum atomic E-state index is -2.93. The van der Waals surface area contributed by atoms with Crippen molar-refractivity contribution in [2.24, 2.45) is 0 Å². The van der Waals surface area contributed by atoms with Crippen molar-refractivity contribution in [2.75, 3.05) is 5.75 Å². The van der Waals surface area contributed by atoms with Crippen LogP contribution in [0, 0.1) is 6.92 Å². The topological polar surface area (TPSA) is 69.0 Å². The van der Waals surface area contributed by atoms with Gasteiger partial charge in [0.2, 0.25) is 5.91 Å². The highest BCUT2D eigenvalue weighted by Crippen LogP contribution is 2.28. The van der Waals surface area contributed by atoms with Crippen LogP contribution in [-0.2, 0) is 11.3 Å². The zero-order valence-electron chi connectivity index (χ0n) is 17.3. The number of carbonyl (C=O) groups is 1. The first-order valence-electron chi connectivity index (χ1n) is 9.87. The molecule has 1 atom stereocenters. The Morgan fingerprint density at radius 3 is 2.55 bits per heavy atom. The summed E-state index contributed by atoms with van der Waals surface area (Å²) in [6.07, 6.45) is 0.531. The van der Waals surface area contributed by atoms with Crippen LogP contribution in [0.5, 0.6) is 5.75 Å². The number of thioether (sulfide) groups is 1. The molecule has 0 radical (unpaired) electrons. The Morgan fingerprint density at radius 1 is 1.13 bits per heavy atom. The lowest BCUT2D eigenvalue weighted by Gasteiger charge is -2.20. The van der Waals surface area contributed by atoms with Gasteiger partial charge in [0.15, 0.2) is 5.16 Å². The van der Waals surface area contributed by atoms with Gasteiger partial charge in [-0.2, -0.15) is 8.78 Å². The summed E-state index contributed by atoms with van der Waals surface area (Å²) in [6, 6.07) is 16.0. The van der Waals surface area contributed by atoms with Crippen molar-refractivity contribution in [3.63, 3.8) is 0 Å². The number of nitrogens with one attached hydrogen (secondary N) is 1. The number of para-hydroxylation sites is 1. The minimum absolute atomic E-state index is 0.0653. The third-order valence-corrected chi connectivity index (χ3v) is 5.64. The standard InChI is InChI=1S/C22H24F2N4O2S/c1-3-18(17-11-7-8-12-19(17)30-21(23)24)25-20(29)14-31-22-27-26-15(2)28(22)13-16-9-5-4-6-10-16/h4-12,18,21H,3,13-14H2,1-2H3,(H,25,29). The highest BCUT2D eigenvalue weighted by molar-refractivity contribution is 7.99. The predicted molar refractivity (Wildman–Crippen MR) is 115 cm³/mol. The molecule has 0 spiro atoms. The number of amides is 1. The fourth-order valence-corrected chi connectivity index (χ4v) is 3.95. The first kappa shape index (κ1) is 22.7. The van der Waals surface area contributed by atoms with Crippen molar-refractivity contribution in [3.05, 3.63) is 71.5 Å². The van der Waals surface area contributed by atoms with Gasteiger partial charge in [-0.05, 0) is 25.0 Å². The van der Waals surface area contributed by atoms with Crippen molar-refractivity contribution in [2.45, 2.75) is 44.6 Å². The van der Waals surface area contributed by atoms with Crippen molar-refractivity contribution < 1.29 is 18.3 Å². The molecule has 0 saturated heterocycles. The number of hydrogen-bond donors (Lipinski definition) is 1. The average Bonchev–Trinajstić information content (AvgIpc) is 3.11. The van der Waals surface area contributed by atoms with Crippen LogP contribution in [0.25, 0.3) is 0 Å². The fourth-order valence-electron chi connectivity index (χ4n) is 3.15. The van der Waals surface area contributed by atoms with E-state index in [-0.39, 0.29) is 17.4 Å². The largest absolute Gasteiger partial charge is 0.434 e. The van der Waals surface area contributed by atoms with Gasteiger partial charge in [-0.25, -0.2) is 0 Å². The Kier molecular flexibility index (Phi) is 8.00. The molecule has 3 aromatic rings. The number of aryl methyl sites for hydroxylation is 1. The zero-order valence-corrected chi connectivity index (χ0v) is 18.1. The second-order valence-electron chi connectivity index (χ2n) is 6.83. The van der Waals surface area contributed by atoms with Crippen LogP contribution in [-0.4, -0.2) is 33.0 Å². The van der Waals surface area contributed by atoms with Crippen LogP contribution in [0.2, 0.25) is 0 Å². The van der Waals surface area contributed by atoms with Crippen LogP contribution in [0.4, 0.5) is 8.78 Å². The molecule has 0 bridgehead atoms. The Balaban J connectivity index is 1.64. The molecule has 0 aliphatic carbocycles. The van der Waals surface area contributed by atoms with E-state index in [2.05, 4.69) is 20.3 Å². The maximum atomic E-state index is 12.7. The summed E-state index contributed by atoms with van der Waals surface area (Å²) in [5, 5.41) is 11.9. The number of carbonyl (C=O) groups excluding carboxylic acids is 1. The highest BCUT2D eigenvalue weighted by atomic mass is 32.2. The molecule has 31 heavy (non-hydrogen) atoms. The lowest BCUT2D eigenvalue weighted by atomic mass is 10.0. The second-order valence-corrected chi connectivity index (χ2v) is 7.78. The van der Waals surface area contributed by atoms with Crippen LogP contribution in [0.1, 0.15) is 36.3 Å². The molecule has 6 nitrogen and oxygen atoms in total. The van der Waals surface area contributed by atoms with Crippen LogP contribution < -0.4 is 10.1 Å². The molecule has 164 valence electrons. The second kappa shape index (κ2) is 10.9. The number of ether oxygens (including phenoxy) is 1. The number of aromatic nitrogens is 3. The molecule has 1 N–H and O–H groups in total. The van der Waals surface area contributed by atoms with Crippen molar-refractivity contribution in [1.29, 1.82) is 0 Å². The smallest absolute Gasteiger partial charge is 0.387 e. The number of alkyl halides is 2. The van der Waals surface area contributed by atoms with Crippen LogP contribution in [0.3, 0.4) is 0 Å². The molecule has 9 heteroatoms. The minimum Gasteiger partial charge on any atom is -0.434 e. The molecule has 1 heterocycles. The summed E-state index contributed by atoms with van der Waals surface area (Å²) in [6.45, 7) is 1.42. The lowest BCUT2D eigenvalue weighted by molar-refractivity contribution is -0.119. The maximum Gasteiger partial charge on any atom is 0.387 e. The normalized spacial score (nSPS) is 12.0. The summed E-state index contributed by atoms with van der Waals surface area (Å²) >= 11 is 1.28. The third-order valence-electron chi connectivity index (χ3n) is 4.67. The van der Waals surface area contributed by atoms with Gasteiger partial charge >= 0.3 is 6.61 Å². The summed E-state index contributed by atoms with van der Waals surface area (Å²) in [5.74, 6) is 0.726. The van der Waals surface area contributed by atoms with Crippen molar-refractivity contribution in [3.8, 4) is 5.75 Å². The van der Waals surface area contributed by atoms with E-state index in [1.165, 1.54) is 17.8 Å². The Morgan fingerprint density at radius 2 is 1.84 bits per heavy atom. The molecule has 1 amide bonds. The van der Waals surface area contributed by atoms with Gasteiger partial charge in [0, 0.05) is 5.56 Å². The van der Waals surface area contributed by atoms with Gasteiger partial charge in [0.25, 0.3) is 0 Å². The summed E-state index contributed by atoms with van der Waals surface area (Å²) < 4.78 is 32.0. The molecule has 0 aliphatic heterocycles. The number of halogens is 2. The SMILES string of the molecule is CCC(NC(=O)CSc1nnc(C)n1Cc1ccccc1)c1ccccc1OC(F)F. The van der Waals surface area contributed by atoms with Gasteiger partial charge in [0.05, 0.1) is 18.3 Å². The van der Waals surface area contributed by atoms with Gasteiger partial charge in [-0.3, -0.25) is 4.79 Å². The Labute approximate surface area is 184 Å². The molecule has 0 fully saturated rings. The molecule has 0 saturated carbocycles. The summed E-state index contributed by atoms with van der Waals surface area (Å²) in [7, 11) is 0. The summed E-state index contributed by atoms with van der Waals surface area (Å²) in [4.78, 5) is 12.6. The van der Waals surface area contributed by atoms with Crippen LogP contribution in [0.15, 0.2) is 59.8 Å². The molecular formula is C22H24F2N4O2S. The molecule has 1 unspecified atom stereocenters. The fraction of sp³-hybridized carbons (Fsp3) is 0.318. The third kappa shape index (κ3) is 6.27. The molecular weight excluding hydrogens is 422 g/mol. The van der Waals surface area contributed by atoms with E-state index in [0.29, 0.717) is 23.7 Å². The average molecular weight is 447 g/mol. The molecule has 3 rings (SSSR count). The van der Waals surface area contributed by atoms with E-state index in [4.69, 9.17) is 0 Å². The van der Waals surface area contributed by atoms with E-state index in [1.807, 2.05) is 48.7 Å². The maximum absolute atomic E-state index is 12.7. The quantitative estimate of drug-likeness (QED) is 0.461. The van der Waals surface area contributed by atoms with E-state index in [9.17, 15) is 13.6 Å². The predicted octanol–water partition coefficient (Wildman–Crippen LogP) is 4.60. The van der Waals surface area contributed by atoms with E-state index in [1.54, 1.807) is 18.2 Å². The Bertz CT molecular complexity index is 998. The lowest BCUT2D eigenvalue weighted by Crippen LogP contribution is -2.30. The van der Waals surface area contributed by atoms with Crippen LogP contribution >= 0.6 is 11.8 Å². The first-order chi connectivity index (χ1) is 15.0. The zero-order chi connectivity index (χ0) is 22.2. The highest BCUT2D eigenvalue weighted by Gasteiger charge is 2.19. The van der Waals surface area contributed by atoms with Gasteiger partial charge in [-0.15, -0.1) is 10.2 Å². The van der Waals surface area contributed by atoms with Gasteiger partial charge in [-0.1, -0.05) is 67.2 Å². The monoisotopic (exact) mass is 446 g/mol. The van der Waals surface area contributed by atoms with Gasteiger partial charge < -0.3 is 14.6 Å². The molecule has 2 aromatic carbocycles. The van der Waals surface area contributed by atoms with E-state index in [0.717, 1.165) is 11.4 Å². The molecule has 0 aliphatic rings. The number of rotatable bonds is 10. The number of nitrogens with zero attached hydrogens (tertiary/aromatic N) is 3.